The molecule has 0 saturated heterocycles. The number of hydrogen-bond acceptors (Lipinski definition) is 5. The van der Waals surface area contributed by atoms with Gasteiger partial charge >= 0.3 is 0 Å². The average Bonchev–Trinajstić information content (AvgIpc) is 2.96. The Bertz CT molecular complexity index is 952. The number of ketones is 2. The fraction of sp³-hybridized carbons (Fsp3) is 0. The number of aliphatic hydroxyl groups excluding tert-OH is 1. The van der Waals surface area contributed by atoms with Gasteiger partial charge in [-0.3, -0.25) is 9.59 Å². The Morgan fingerprint density at radius 1 is 0.773 bits per heavy atom. The van der Waals surface area contributed by atoms with Gasteiger partial charge in [-0.2, -0.15) is 0 Å². The van der Waals surface area contributed by atoms with Crippen molar-refractivity contribution >= 4 is 34.1 Å². The van der Waals surface area contributed by atoms with E-state index in [1.54, 1.807) is 42.5 Å². The van der Waals surface area contributed by atoms with Crippen LogP contribution >= 0.6 is 0 Å². The van der Waals surface area contributed by atoms with Crippen LogP contribution in [0, 0.1) is 0 Å². The second-order valence-corrected chi connectivity index (χ2v) is 4.88. The summed E-state index contributed by atoms with van der Waals surface area (Å²) >= 11 is 0. The molecule has 1 aliphatic rings. The Balaban J connectivity index is 2.00. The molecule has 0 amide bonds. The monoisotopic (exact) mass is 291 g/mol. The Morgan fingerprint density at radius 3 is 1.95 bits per heavy atom. The van der Waals surface area contributed by atoms with Gasteiger partial charge in [-0.25, -0.2) is 0 Å². The summed E-state index contributed by atoms with van der Waals surface area (Å²) in [6.07, 6.45) is 0. The molecule has 106 valence electrons. The maximum atomic E-state index is 12.3. The summed E-state index contributed by atoms with van der Waals surface area (Å²) in [6.45, 7) is 0. The van der Waals surface area contributed by atoms with E-state index >= 15 is 0 Å². The van der Waals surface area contributed by atoms with Crippen molar-refractivity contribution in [1.82, 2.24) is 15.0 Å². The molecule has 0 aliphatic heterocycles. The van der Waals surface area contributed by atoms with Crippen molar-refractivity contribution in [3.05, 3.63) is 59.7 Å². The van der Waals surface area contributed by atoms with Gasteiger partial charge in [0.25, 0.3) is 5.78 Å². The maximum Gasteiger partial charge on any atom is 0.257 e. The highest BCUT2D eigenvalue weighted by Crippen LogP contribution is 2.29. The van der Waals surface area contributed by atoms with Gasteiger partial charge in [0.15, 0.2) is 11.5 Å². The Morgan fingerprint density at radius 2 is 1.32 bits per heavy atom. The van der Waals surface area contributed by atoms with Crippen molar-refractivity contribution in [2.75, 3.05) is 0 Å². The number of allylic oxidation sites excluding steroid dienone is 1. The van der Waals surface area contributed by atoms with Crippen LogP contribution in [0.15, 0.2) is 48.5 Å². The fourth-order valence-corrected chi connectivity index (χ4v) is 2.50. The molecule has 0 atom stereocenters. The predicted octanol–water partition coefficient (Wildman–Crippen LogP) is 2.08. The first-order valence-electron chi connectivity index (χ1n) is 6.61. The van der Waals surface area contributed by atoms with E-state index in [9.17, 15) is 14.7 Å². The molecule has 0 saturated carbocycles. The average molecular weight is 291 g/mol. The van der Waals surface area contributed by atoms with Crippen LogP contribution in [-0.4, -0.2) is 31.7 Å². The second kappa shape index (κ2) is 4.36. The molecule has 1 aliphatic carbocycles. The number of fused-ring (bicyclic) bond motifs is 2. The van der Waals surface area contributed by atoms with Crippen molar-refractivity contribution in [3.63, 3.8) is 0 Å². The van der Waals surface area contributed by atoms with Crippen molar-refractivity contribution in [1.29, 1.82) is 0 Å². The quantitative estimate of drug-likeness (QED) is 0.694. The number of aliphatic hydroxyl groups is 1. The van der Waals surface area contributed by atoms with E-state index in [1.165, 1.54) is 6.07 Å². The van der Waals surface area contributed by atoms with Crippen LogP contribution in [0.25, 0.3) is 22.5 Å². The number of carbonyl (C=O) groups excluding carboxylic acids is 2. The van der Waals surface area contributed by atoms with E-state index in [0.717, 1.165) is 4.80 Å². The molecule has 6 nitrogen and oxygen atoms in total. The number of hydrogen-bond donors (Lipinski definition) is 1. The van der Waals surface area contributed by atoms with Crippen molar-refractivity contribution in [2.45, 2.75) is 0 Å². The molecule has 1 aromatic heterocycles. The lowest BCUT2D eigenvalue weighted by atomic mass is 9.92. The van der Waals surface area contributed by atoms with Crippen molar-refractivity contribution < 1.29 is 14.7 Å². The first-order valence-corrected chi connectivity index (χ1v) is 6.61. The number of carbonyl (C=O) groups is 2. The predicted molar refractivity (Wildman–Crippen MR) is 79.0 cm³/mol. The molecule has 0 unspecified atom stereocenters. The second-order valence-electron chi connectivity index (χ2n) is 4.88. The SMILES string of the molecule is O=C1C(=O)c2ccccc2C(O)=C1n1nc2ccccc2n1. The molecule has 22 heavy (non-hydrogen) atoms. The van der Waals surface area contributed by atoms with Gasteiger partial charge in [0, 0.05) is 11.1 Å². The van der Waals surface area contributed by atoms with Crippen LogP contribution in [0.2, 0.25) is 0 Å². The summed E-state index contributed by atoms with van der Waals surface area (Å²) in [7, 11) is 0. The third kappa shape index (κ3) is 1.61. The molecule has 6 heteroatoms. The van der Waals surface area contributed by atoms with Gasteiger partial charge in [0.2, 0.25) is 5.78 Å². The van der Waals surface area contributed by atoms with Gasteiger partial charge in [-0.05, 0) is 12.1 Å². The Hall–Kier alpha value is -3.28. The van der Waals surface area contributed by atoms with Crippen molar-refractivity contribution in [3.8, 4) is 0 Å². The molecule has 1 heterocycles. The zero-order valence-corrected chi connectivity index (χ0v) is 11.2. The van der Waals surface area contributed by atoms with Crippen LogP contribution in [0.5, 0.6) is 0 Å². The number of rotatable bonds is 1. The summed E-state index contributed by atoms with van der Waals surface area (Å²) in [6, 6.07) is 13.5. The highest BCUT2D eigenvalue weighted by atomic mass is 16.3. The highest BCUT2D eigenvalue weighted by molar-refractivity contribution is 6.60. The maximum absolute atomic E-state index is 12.3. The summed E-state index contributed by atoms with van der Waals surface area (Å²) in [5.74, 6) is -1.79. The molecule has 4 rings (SSSR count). The lowest BCUT2D eigenvalue weighted by Crippen LogP contribution is -2.27. The third-order valence-electron chi connectivity index (χ3n) is 3.56. The molecule has 0 fully saturated rings. The number of benzene rings is 2. The summed E-state index contributed by atoms with van der Waals surface area (Å²) in [5.41, 5.74) is 1.41. The topological polar surface area (TPSA) is 85.1 Å². The minimum Gasteiger partial charge on any atom is -0.505 e. The van der Waals surface area contributed by atoms with Crippen LogP contribution in [0.4, 0.5) is 0 Å². The standard InChI is InChI=1S/C16H9N3O3/c20-14-9-5-1-2-6-10(9)15(21)16(22)13(14)19-17-11-7-3-4-8-12(11)18-19/h1-8,20H. The minimum atomic E-state index is -0.823. The van der Waals surface area contributed by atoms with E-state index in [4.69, 9.17) is 0 Å². The number of Topliss-reactive ketones (excluding diaryl/α,β-unsaturated/α-hetero) is 2. The first-order chi connectivity index (χ1) is 10.7. The van der Waals surface area contributed by atoms with E-state index in [1.807, 2.05) is 0 Å². The zero-order valence-electron chi connectivity index (χ0n) is 11.2. The van der Waals surface area contributed by atoms with E-state index < -0.39 is 11.6 Å². The van der Waals surface area contributed by atoms with Gasteiger partial charge in [0.05, 0.1) is 0 Å². The first kappa shape index (κ1) is 12.5. The summed E-state index contributed by atoms with van der Waals surface area (Å²) in [5, 5.41) is 18.7. The Labute approximate surface area is 124 Å². The van der Waals surface area contributed by atoms with E-state index in [-0.39, 0.29) is 17.0 Å². The Kier molecular flexibility index (Phi) is 2.47. The lowest BCUT2D eigenvalue weighted by molar-refractivity contribution is -0.110. The largest absolute Gasteiger partial charge is 0.505 e. The van der Waals surface area contributed by atoms with Gasteiger partial charge in [-0.1, -0.05) is 36.4 Å². The molecule has 0 bridgehead atoms. The number of nitrogens with zero attached hydrogens (tertiary/aromatic N) is 3. The van der Waals surface area contributed by atoms with Gasteiger partial charge < -0.3 is 5.11 Å². The molecule has 0 radical (unpaired) electrons. The smallest absolute Gasteiger partial charge is 0.257 e. The molecular weight excluding hydrogens is 282 g/mol. The van der Waals surface area contributed by atoms with Crippen molar-refractivity contribution in [2.24, 2.45) is 0 Å². The molecule has 1 N–H and O–H groups in total. The van der Waals surface area contributed by atoms with E-state index in [2.05, 4.69) is 10.2 Å². The lowest BCUT2D eigenvalue weighted by Gasteiger charge is -2.16. The molecular formula is C16H9N3O3. The highest BCUT2D eigenvalue weighted by Gasteiger charge is 2.35. The molecule has 2 aromatic carbocycles. The summed E-state index contributed by atoms with van der Waals surface area (Å²) in [4.78, 5) is 25.5. The zero-order chi connectivity index (χ0) is 15.3. The summed E-state index contributed by atoms with van der Waals surface area (Å²) < 4.78 is 0. The van der Waals surface area contributed by atoms with E-state index in [0.29, 0.717) is 16.6 Å². The number of aromatic nitrogens is 3. The van der Waals surface area contributed by atoms with Crippen LogP contribution in [0.3, 0.4) is 0 Å². The minimum absolute atomic E-state index is 0.186. The third-order valence-corrected chi connectivity index (χ3v) is 3.56. The molecule has 3 aromatic rings. The normalized spacial score (nSPS) is 14.5. The van der Waals surface area contributed by atoms with Gasteiger partial charge in [0.1, 0.15) is 11.0 Å². The van der Waals surface area contributed by atoms with Crippen LogP contribution < -0.4 is 0 Å². The van der Waals surface area contributed by atoms with Crippen LogP contribution in [0.1, 0.15) is 15.9 Å². The van der Waals surface area contributed by atoms with Gasteiger partial charge in [-0.15, -0.1) is 15.0 Å². The molecule has 0 spiro atoms. The fourth-order valence-electron chi connectivity index (χ4n) is 2.50. The van der Waals surface area contributed by atoms with Crippen LogP contribution in [-0.2, 0) is 4.79 Å².